The highest BCUT2D eigenvalue weighted by atomic mass is 15.1. The Morgan fingerprint density at radius 1 is 1.30 bits per heavy atom. The zero-order valence-electron chi connectivity index (χ0n) is 13.4. The molecule has 2 nitrogen and oxygen atoms in total. The summed E-state index contributed by atoms with van der Waals surface area (Å²) in [4.78, 5) is 2.40. The van der Waals surface area contributed by atoms with Gasteiger partial charge in [0.1, 0.15) is 0 Å². The molecule has 2 heteroatoms. The standard InChI is InChI=1S/C18H28N2/c1-13-10-16(12-19-13)18(2,3)15-7-8-17-14(11-15)6-5-9-20(17)4/h7-8,11,13,16,19H,5-6,9-10,12H2,1-4H3. The predicted molar refractivity (Wildman–Crippen MR) is 86.6 cm³/mol. The van der Waals surface area contributed by atoms with Gasteiger partial charge in [0.25, 0.3) is 0 Å². The molecule has 0 bridgehead atoms. The number of nitrogens with zero attached hydrogens (tertiary/aromatic N) is 1. The summed E-state index contributed by atoms with van der Waals surface area (Å²) in [5.41, 5.74) is 4.77. The highest BCUT2D eigenvalue weighted by molar-refractivity contribution is 5.57. The van der Waals surface area contributed by atoms with E-state index in [0.29, 0.717) is 6.04 Å². The van der Waals surface area contributed by atoms with E-state index >= 15 is 0 Å². The van der Waals surface area contributed by atoms with Crippen LogP contribution in [0.1, 0.15) is 44.7 Å². The van der Waals surface area contributed by atoms with Crippen molar-refractivity contribution in [3.05, 3.63) is 29.3 Å². The van der Waals surface area contributed by atoms with Crippen LogP contribution in [0, 0.1) is 5.92 Å². The SMILES string of the molecule is CC1CC(C(C)(C)c2ccc3c(c2)CCCN3C)CN1. The second kappa shape index (κ2) is 5.07. The van der Waals surface area contributed by atoms with Crippen LogP contribution in [-0.2, 0) is 11.8 Å². The number of aryl methyl sites for hydroxylation is 1. The topological polar surface area (TPSA) is 15.3 Å². The zero-order valence-corrected chi connectivity index (χ0v) is 13.4. The Kier molecular flexibility index (Phi) is 3.53. The molecule has 2 aliphatic rings. The second-order valence-corrected chi connectivity index (χ2v) is 7.33. The molecular weight excluding hydrogens is 244 g/mol. The van der Waals surface area contributed by atoms with Crippen LogP contribution < -0.4 is 10.2 Å². The van der Waals surface area contributed by atoms with Gasteiger partial charge < -0.3 is 10.2 Å². The molecule has 0 radical (unpaired) electrons. The van der Waals surface area contributed by atoms with Gasteiger partial charge in [0, 0.05) is 25.3 Å². The summed E-state index contributed by atoms with van der Waals surface area (Å²) < 4.78 is 0. The lowest BCUT2D eigenvalue weighted by Gasteiger charge is -2.34. The van der Waals surface area contributed by atoms with E-state index in [4.69, 9.17) is 0 Å². The first-order valence-electron chi connectivity index (χ1n) is 8.06. The van der Waals surface area contributed by atoms with Crippen LogP contribution in [-0.4, -0.2) is 26.2 Å². The van der Waals surface area contributed by atoms with Crippen molar-refractivity contribution in [2.24, 2.45) is 5.92 Å². The lowest BCUT2D eigenvalue weighted by atomic mass is 9.72. The first-order valence-corrected chi connectivity index (χ1v) is 8.06. The number of nitrogens with one attached hydrogen (secondary N) is 1. The predicted octanol–water partition coefficient (Wildman–Crippen LogP) is 3.34. The van der Waals surface area contributed by atoms with Crippen molar-refractivity contribution in [1.29, 1.82) is 0 Å². The van der Waals surface area contributed by atoms with E-state index in [1.54, 1.807) is 5.56 Å². The molecule has 1 N–H and O–H groups in total. The fraction of sp³-hybridized carbons (Fsp3) is 0.667. The maximum absolute atomic E-state index is 3.61. The van der Waals surface area contributed by atoms with Crippen molar-refractivity contribution in [2.45, 2.75) is 51.5 Å². The molecule has 1 aromatic rings. The summed E-state index contributed by atoms with van der Waals surface area (Å²) in [5, 5.41) is 3.61. The Labute approximate surface area is 123 Å². The smallest absolute Gasteiger partial charge is 0.0396 e. The van der Waals surface area contributed by atoms with Gasteiger partial charge in [0.2, 0.25) is 0 Å². The number of benzene rings is 1. The van der Waals surface area contributed by atoms with Crippen molar-refractivity contribution in [3.63, 3.8) is 0 Å². The number of hydrogen-bond acceptors (Lipinski definition) is 2. The normalized spacial score (nSPS) is 26.7. The molecule has 0 spiro atoms. The van der Waals surface area contributed by atoms with Crippen LogP contribution >= 0.6 is 0 Å². The summed E-state index contributed by atoms with van der Waals surface area (Å²) in [6.07, 6.45) is 3.82. The van der Waals surface area contributed by atoms with Crippen LogP contribution in [0.4, 0.5) is 5.69 Å². The minimum atomic E-state index is 0.267. The van der Waals surface area contributed by atoms with Crippen molar-refractivity contribution < 1.29 is 0 Å². The summed E-state index contributed by atoms with van der Waals surface area (Å²) in [5.74, 6) is 0.747. The lowest BCUT2D eigenvalue weighted by molar-refractivity contribution is 0.339. The van der Waals surface area contributed by atoms with Crippen LogP contribution in [0.3, 0.4) is 0 Å². The van der Waals surface area contributed by atoms with Crippen molar-refractivity contribution in [3.8, 4) is 0 Å². The van der Waals surface area contributed by atoms with Gasteiger partial charge in [0.05, 0.1) is 0 Å². The monoisotopic (exact) mass is 272 g/mol. The fourth-order valence-electron chi connectivity index (χ4n) is 3.91. The molecule has 2 unspecified atom stereocenters. The summed E-state index contributed by atoms with van der Waals surface area (Å²) in [6.45, 7) is 9.50. The Balaban J connectivity index is 1.90. The highest BCUT2D eigenvalue weighted by Crippen LogP contribution is 2.39. The number of hydrogen-bond donors (Lipinski definition) is 1. The van der Waals surface area contributed by atoms with Gasteiger partial charge in [-0.25, -0.2) is 0 Å². The molecule has 0 saturated carbocycles. The summed E-state index contributed by atoms with van der Waals surface area (Å²) >= 11 is 0. The molecule has 0 amide bonds. The van der Waals surface area contributed by atoms with Crippen LogP contribution in [0.25, 0.3) is 0 Å². The first-order chi connectivity index (χ1) is 9.48. The molecule has 0 aromatic heterocycles. The van der Waals surface area contributed by atoms with E-state index in [1.165, 1.54) is 37.1 Å². The van der Waals surface area contributed by atoms with Crippen LogP contribution in [0.15, 0.2) is 18.2 Å². The molecule has 110 valence electrons. The minimum Gasteiger partial charge on any atom is -0.374 e. The van der Waals surface area contributed by atoms with Crippen LogP contribution in [0.2, 0.25) is 0 Å². The van der Waals surface area contributed by atoms with Crippen molar-refractivity contribution in [1.82, 2.24) is 5.32 Å². The van der Waals surface area contributed by atoms with E-state index in [1.807, 2.05) is 0 Å². The van der Waals surface area contributed by atoms with Gasteiger partial charge in [0.15, 0.2) is 0 Å². The van der Waals surface area contributed by atoms with Crippen LogP contribution in [0.5, 0.6) is 0 Å². The molecule has 1 fully saturated rings. The molecule has 2 aliphatic heterocycles. The quantitative estimate of drug-likeness (QED) is 0.888. The third kappa shape index (κ3) is 2.35. The van der Waals surface area contributed by atoms with Gasteiger partial charge in [-0.2, -0.15) is 0 Å². The number of anilines is 1. The maximum atomic E-state index is 3.61. The third-order valence-electron chi connectivity index (χ3n) is 5.55. The molecule has 2 atom stereocenters. The number of rotatable bonds is 2. The highest BCUT2D eigenvalue weighted by Gasteiger charge is 2.36. The molecule has 0 aliphatic carbocycles. The molecule has 1 aromatic carbocycles. The van der Waals surface area contributed by atoms with E-state index in [2.05, 4.69) is 56.2 Å². The molecule has 1 saturated heterocycles. The first kappa shape index (κ1) is 13.9. The van der Waals surface area contributed by atoms with Crippen molar-refractivity contribution in [2.75, 3.05) is 25.0 Å². The average molecular weight is 272 g/mol. The number of fused-ring (bicyclic) bond motifs is 1. The fourth-order valence-corrected chi connectivity index (χ4v) is 3.91. The molecule has 20 heavy (non-hydrogen) atoms. The average Bonchev–Trinajstić information content (AvgIpc) is 2.86. The van der Waals surface area contributed by atoms with Gasteiger partial charge in [-0.05, 0) is 61.3 Å². The maximum Gasteiger partial charge on any atom is 0.0396 e. The van der Waals surface area contributed by atoms with Crippen molar-refractivity contribution >= 4 is 5.69 Å². The largest absolute Gasteiger partial charge is 0.374 e. The van der Waals surface area contributed by atoms with E-state index in [-0.39, 0.29) is 5.41 Å². The molecular formula is C18H28N2. The Bertz CT molecular complexity index is 492. The van der Waals surface area contributed by atoms with Gasteiger partial charge in [-0.1, -0.05) is 26.0 Å². The van der Waals surface area contributed by atoms with Gasteiger partial charge >= 0.3 is 0 Å². The minimum absolute atomic E-state index is 0.267. The van der Waals surface area contributed by atoms with E-state index < -0.39 is 0 Å². The van der Waals surface area contributed by atoms with Gasteiger partial charge in [-0.15, -0.1) is 0 Å². The Morgan fingerprint density at radius 2 is 2.10 bits per heavy atom. The van der Waals surface area contributed by atoms with Gasteiger partial charge in [-0.3, -0.25) is 0 Å². The summed E-state index contributed by atoms with van der Waals surface area (Å²) in [7, 11) is 2.21. The summed E-state index contributed by atoms with van der Waals surface area (Å²) in [6, 6.07) is 7.86. The molecule has 3 rings (SSSR count). The Hall–Kier alpha value is -1.02. The lowest BCUT2D eigenvalue weighted by Crippen LogP contribution is -2.31. The zero-order chi connectivity index (χ0) is 14.3. The van der Waals surface area contributed by atoms with E-state index in [0.717, 1.165) is 12.5 Å². The second-order valence-electron chi connectivity index (χ2n) is 7.33. The molecule has 2 heterocycles. The van der Waals surface area contributed by atoms with E-state index in [9.17, 15) is 0 Å². The third-order valence-corrected chi connectivity index (χ3v) is 5.55. The Morgan fingerprint density at radius 3 is 2.80 bits per heavy atom.